The molecule has 7 heteroatoms. The molecule has 2 rings (SSSR count). The van der Waals surface area contributed by atoms with Gasteiger partial charge in [0.15, 0.2) is 5.96 Å². The Morgan fingerprint density at radius 3 is 2.55 bits per heavy atom. The summed E-state index contributed by atoms with van der Waals surface area (Å²) in [7, 11) is 3.95. The summed E-state index contributed by atoms with van der Waals surface area (Å²) in [5.74, 6) is 0.720. The van der Waals surface area contributed by atoms with Crippen LogP contribution in [0, 0.1) is 0 Å². The third kappa shape index (κ3) is 8.82. The molecule has 0 bridgehead atoms. The molecule has 29 heavy (non-hydrogen) atoms. The second-order valence-electron chi connectivity index (χ2n) is 7.37. The van der Waals surface area contributed by atoms with Gasteiger partial charge in [0.1, 0.15) is 0 Å². The quantitative estimate of drug-likeness (QED) is 0.288. The maximum atomic E-state index is 12.2. The number of guanidine groups is 1. The first-order valence-corrected chi connectivity index (χ1v) is 9.54. The minimum atomic E-state index is -0.0794. The molecule has 2 aromatic rings. The van der Waals surface area contributed by atoms with E-state index in [9.17, 15) is 4.79 Å². The van der Waals surface area contributed by atoms with E-state index in [2.05, 4.69) is 41.6 Å². The summed E-state index contributed by atoms with van der Waals surface area (Å²) < 4.78 is 0. The molecular formula is C22H32IN5O. The highest BCUT2D eigenvalue weighted by Gasteiger charge is 2.06. The van der Waals surface area contributed by atoms with Crippen LogP contribution in [0.25, 0.3) is 0 Å². The number of halogens is 1. The lowest BCUT2D eigenvalue weighted by molar-refractivity contribution is 0.0951. The summed E-state index contributed by atoms with van der Waals surface area (Å²) >= 11 is 0. The predicted molar refractivity (Wildman–Crippen MR) is 132 cm³/mol. The molecule has 4 N–H and O–H groups in total. The van der Waals surface area contributed by atoms with Crippen LogP contribution < -0.4 is 16.4 Å². The average Bonchev–Trinajstić information content (AvgIpc) is 2.66. The molecule has 0 aromatic heterocycles. The van der Waals surface area contributed by atoms with Gasteiger partial charge in [-0.05, 0) is 55.4 Å². The number of likely N-dealkylation sites (N-methyl/N-ethyl adjacent to an activating group) is 1. The molecule has 0 fully saturated rings. The summed E-state index contributed by atoms with van der Waals surface area (Å²) in [4.78, 5) is 18.7. The molecule has 0 atom stereocenters. The van der Waals surface area contributed by atoms with Gasteiger partial charge in [-0.15, -0.1) is 24.0 Å². The van der Waals surface area contributed by atoms with E-state index in [0.717, 1.165) is 17.8 Å². The van der Waals surface area contributed by atoms with Crippen LogP contribution in [0.2, 0.25) is 0 Å². The van der Waals surface area contributed by atoms with Crippen molar-refractivity contribution in [3.63, 3.8) is 0 Å². The van der Waals surface area contributed by atoms with Crippen molar-refractivity contribution < 1.29 is 4.79 Å². The van der Waals surface area contributed by atoms with Gasteiger partial charge in [0.05, 0.1) is 6.54 Å². The molecule has 0 heterocycles. The maximum absolute atomic E-state index is 12.2. The lowest BCUT2D eigenvalue weighted by atomic mass is 10.0. The zero-order valence-corrected chi connectivity index (χ0v) is 19.9. The largest absolute Gasteiger partial charge is 0.370 e. The minimum absolute atomic E-state index is 0. The number of amides is 1. The molecule has 0 unspecified atom stereocenters. The molecule has 0 radical (unpaired) electrons. The number of benzene rings is 2. The van der Waals surface area contributed by atoms with Crippen LogP contribution in [0.1, 0.15) is 41.3 Å². The van der Waals surface area contributed by atoms with Gasteiger partial charge in [0.2, 0.25) is 0 Å². The standard InChI is InChI=1S/C22H31N5O.HI/c1-16(2)18-8-6-10-20(14-18)26-22(23)25-15-17-7-5-9-19(13-17)21(28)24-11-12-27(3)4;/h5-10,13-14,16H,11-12,15H2,1-4H3,(H,24,28)(H3,23,25,26);1H. The lowest BCUT2D eigenvalue weighted by Gasteiger charge is -2.11. The van der Waals surface area contributed by atoms with E-state index in [1.807, 2.05) is 49.3 Å². The molecule has 0 saturated heterocycles. The summed E-state index contributed by atoms with van der Waals surface area (Å²) in [6.07, 6.45) is 0. The first-order chi connectivity index (χ1) is 13.3. The van der Waals surface area contributed by atoms with E-state index in [4.69, 9.17) is 5.73 Å². The van der Waals surface area contributed by atoms with Crippen molar-refractivity contribution >= 4 is 41.5 Å². The fourth-order valence-corrected chi connectivity index (χ4v) is 2.65. The van der Waals surface area contributed by atoms with Gasteiger partial charge < -0.3 is 21.3 Å². The minimum Gasteiger partial charge on any atom is -0.370 e. The van der Waals surface area contributed by atoms with Crippen LogP contribution in [0.5, 0.6) is 0 Å². The van der Waals surface area contributed by atoms with Crippen molar-refractivity contribution in [2.24, 2.45) is 10.7 Å². The fourth-order valence-electron chi connectivity index (χ4n) is 2.65. The highest BCUT2D eigenvalue weighted by Crippen LogP contribution is 2.18. The first kappa shape index (κ1) is 24.9. The molecule has 0 aliphatic heterocycles. The Labute approximate surface area is 191 Å². The van der Waals surface area contributed by atoms with Gasteiger partial charge in [0, 0.05) is 24.3 Å². The van der Waals surface area contributed by atoms with Gasteiger partial charge in [-0.25, -0.2) is 4.99 Å². The number of rotatable bonds is 8. The molecule has 0 aliphatic carbocycles. The summed E-state index contributed by atoms with van der Waals surface area (Å²) in [5, 5.41) is 6.04. The third-order valence-corrected chi connectivity index (χ3v) is 4.29. The summed E-state index contributed by atoms with van der Waals surface area (Å²) in [5.41, 5.74) is 9.74. The lowest BCUT2D eigenvalue weighted by Crippen LogP contribution is -2.31. The SMILES string of the molecule is CC(C)c1cccc(NC(N)=NCc2cccc(C(=O)NCCN(C)C)c2)c1.I. The highest BCUT2D eigenvalue weighted by molar-refractivity contribution is 14.0. The van der Waals surface area contributed by atoms with Crippen molar-refractivity contribution in [2.75, 3.05) is 32.5 Å². The maximum Gasteiger partial charge on any atom is 0.251 e. The summed E-state index contributed by atoms with van der Waals surface area (Å²) in [6, 6.07) is 15.6. The zero-order chi connectivity index (χ0) is 20.5. The van der Waals surface area contributed by atoms with Crippen LogP contribution in [-0.2, 0) is 6.54 Å². The van der Waals surface area contributed by atoms with Crippen molar-refractivity contribution in [1.82, 2.24) is 10.2 Å². The Bertz CT molecular complexity index is 820. The molecule has 0 spiro atoms. The van der Waals surface area contributed by atoms with Gasteiger partial charge in [0.25, 0.3) is 5.91 Å². The van der Waals surface area contributed by atoms with Crippen molar-refractivity contribution in [1.29, 1.82) is 0 Å². The Balaban J connectivity index is 0.00000420. The fraction of sp³-hybridized carbons (Fsp3) is 0.364. The Morgan fingerprint density at radius 1 is 1.14 bits per heavy atom. The van der Waals surface area contributed by atoms with Crippen LogP contribution in [0.3, 0.4) is 0 Å². The Hall–Kier alpha value is -2.13. The third-order valence-electron chi connectivity index (χ3n) is 4.29. The second-order valence-corrected chi connectivity index (χ2v) is 7.37. The number of carbonyl (C=O) groups is 1. The van der Waals surface area contributed by atoms with E-state index < -0.39 is 0 Å². The zero-order valence-electron chi connectivity index (χ0n) is 17.6. The number of nitrogens with zero attached hydrogens (tertiary/aromatic N) is 2. The monoisotopic (exact) mass is 509 g/mol. The van der Waals surface area contributed by atoms with Crippen molar-refractivity contribution in [3.05, 3.63) is 65.2 Å². The number of anilines is 1. The van der Waals surface area contributed by atoms with Crippen LogP contribution >= 0.6 is 24.0 Å². The van der Waals surface area contributed by atoms with E-state index in [-0.39, 0.29) is 29.9 Å². The normalized spacial score (nSPS) is 11.3. The second kappa shape index (κ2) is 12.4. The van der Waals surface area contributed by atoms with Gasteiger partial charge in [-0.2, -0.15) is 0 Å². The van der Waals surface area contributed by atoms with Crippen molar-refractivity contribution in [2.45, 2.75) is 26.3 Å². The predicted octanol–water partition coefficient (Wildman–Crippen LogP) is 3.65. The summed E-state index contributed by atoms with van der Waals surface area (Å²) in [6.45, 7) is 6.12. The molecule has 2 aromatic carbocycles. The molecule has 0 saturated carbocycles. The average molecular weight is 509 g/mol. The molecular weight excluding hydrogens is 477 g/mol. The number of hydrogen-bond acceptors (Lipinski definition) is 3. The van der Waals surface area contributed by atoms with E-state index in [0.29, 0.717) is 30.5 Å². The van der Waals surface area contributed by atoms with Gasteiger partial charge in [-0.3, -0.25) is 4.79 Å². The number of hydrogen-bond donors (Lipinski definition) is 3. The number of nitrogens with one attached hydrogen (secondary N) is 2. The number of carbonyl (C=O) groups excluding carboxylic acids is 1. The number of aliphatic imine (C=N–C) groups is 1. The number of nitrogens with two attached hydrogens (primary N) is 1. The van der Waals surface area contributed by atoms with Crippen molar-refractivity contribution in [3.8, 4) is 0 Å². The Morgan fingerprint density at radius 2 is 1.86 bits per heavy atom. The molecule has 6 nitrogen and oxygen atoms in total. The molecule has 158 valence electrons. The molecule has 1 amide bonds. The van der Waals surface area contributed by atoms with Gasteiger partial charge >= 0.3 is 0 Å². The first-order valence-electron chi connectivity index (χ1n) is 9.54. The highest BCUT2D eigenvalue weighted by atomic mass is 127. The van der Waals surface area contributed by atoms with Crippen LogP contribution in [0.4, 0.5) is 5.69 Å². The Kier molecular flexibility index (Phi) is 10.7. The smallest absolute Gasteiger partial charge is 0.251 e. The van der Waals surface area contributed by atoms with E-state index >= 15 is 0 Å². The van der Waals surface area contributed by atoms with Gasteiger partial charge in [-0.1, -0.05) is 38.1 Å². The molecule has 0 aliphatic rings. The van der Waals surface area contributed by atoms with Crippen LogP contribution in [0.15, 0.2) is 53.5 Å². The van der Waals surface area contributed by atoms with Crippen LogP contribution in [-0.4, -0.2) is 44.0 Å². The van der Waals surface area contributed by atoms with E-state index in [1.165, 1.54) is 5.56 Å². The van der Waals surface area contributed by atoms with E-state index in [1.54, 1.807) is 6.07 Å². The topological polar surface area (TPSA) is 82.7 Å².